The van der Waals surface area contributed by atoms with E-state index >= 15 is 0 Å². The predicted molar refractivity (Wildman–Crippen MR) is 152 cm³/mol. The molecule has 2 heterocycles. The molecule has 1 aliphatic rings. The van der Waals surface area contributed by atoms with Crippen molar-refractivity contribution in [1.29, 1.82) is 0 Å². The number of esters is 1. The Morgan fingerprint density at radius 1 is 1.05 bits per heavy atom. The molecule has 0 saturated carbocycles. The number of aromatic nitrogens is 1. The first-order valence-corrected chi connectivity index (χ1v) is 13.8. The third-order valence-corrected chi connectivity index (χ3v) is 7.79. The first-order chi connectivity index (χ1) is 18.8. The zero-order valence-electron chi connectivity index (χ0n) is 22.5. The van der Waals surface area contributed by atoms with Gasteiger partial charge in [-0.2, -0.15) is 0 Å². The number of carbonyl (C=O) groups excluding carboxylic acids is 1. The van der Waals surface area contributed by atoms with E-state index in [4.69, 9.17) is 23.7 Å². The lowest BCUT2D eigenvalue weighted by atomic mass is 9.95. The Kier molecular flexibility index (Phi) is 8.81. The van der Waals surface area contributed by atoms with Gasteiger partial charge in [-0.3, -0.25) is 9.36 Å². The predicted octanol–water partition coefficient (Wildman–Crippen LogP) is 3.99. The van der Waals surface area contributed by atoms with Crippen LogP contribution in [0.5, 0.6) is 23.0 Å². The summed E-state index contributed by atoms with van der Waals surface area (Å²) in [6.45, 7) is 5.97. The number of carbonyl (C=O) groups is 1. The summed E-state index contributed by atoms with van der Waals surface area (Å²) < 4.78 is 30.1. The van der Waals surface area contributed by atoms with Gasteiger partial charge < -0.3 is 23.7 Å². The maximum Gasteiger partial charge on any atom is 0.338 e. The zero-order valence-corrected chi connectivity index (χ0v) is 24.9. The third-order valence-electron chi connectivity index (χ3n) is 6.12. The van der Waals surface area contributed by atoms with Gasteiger partial charge >= 0.3 is 5.97 Å². The SMILES string of the molecule is CCOC(=O)C1=C(C)N=c2s/c(=C/c3ccc(OC)cc3OC)c(=O)n2[C@H]1c1cc(OC)c(OCC)cc1Br. The van der Waals surface area contributed by atoms with Gasteiger partial charge in [-0.15, -0.1) is 0 Å². The summed E-state index contributed by atoms with van der Waals surface area (Å²) in [6, 6.07) is 8.07. The number of allylic oxidation sites excluding steroid dienone is 1. The summed E-state index contributed by atoms with van der Waals surface area (Å²) in [5.41, 5.74) is 1.75. The second-order valence-electron chi connectivity index (χ2n) is 8.37. The van der Waals surface area contributed by atoms with Crippen LogP contribution >= 0.6 is 27.3 Å². The Labute approximate surface area is 238 Å². The fourth-order valence-corrected chi connectivity index (χ4v) is 5.93. The number of nitrogens with zero attached hydrogens (tertiary/aromatic N) is 2. The molecule has 1 aromatic heterocycles. The highest BCUT2D eigenvalue weighted by atomic mass is 79.9. The van der Waals surface area contributed by atoms with Crippen LogP contribution in [0.25, 0.3) is 6.08 Å². The molecule has 2 aromatic carbocycles. The van der Waals surface area contributed by atoms with Gasteiger partial charge in [-0.1, -0.05) is 27.3 Å². The van der Waals surface area contributed by atoms with Crippen molar-refractivity contribution in [1.82, 2.24) is 4.57 Å². The minimum Gasteiger partial charge on any atom is -0.497 e. The Balaban J connectivity index is 1.99. The van der Waals surface area contributed by atoms with Crippen molar-refractivity contribution >= 4 is 39.3 Å². The lowest BCUT2D eigenvalue weighted by Gasteiger charge is -2.26. The molecule has 0 amide bonds. The van der Waals surface area contributed by atoms with Gasteiger partial charge in [0.25, 0.3) is 5.56 Å². The first kappa shape index (κ1) is 28.4. The Bertz CT molecular complexity index is 1620. The molecular weight excluding hydrogens is 588 g/mol. The van der Waals surface area contributed by atoms with Crippen LogP contribution in [0.1, 0.15) is 37.9 Å². The average molecular weight is 618 g/mol. The van der Waals surface area contributed by atoms with Crippen LogP contribution in [-0.2, 0) is 9.53 Å². The number of rotatable bonds is 9. The lowest BCUT2D eigenvalue weighted by molar-refractivity contribution is -0.139. The largest absolute Gasteiger partial charge is 0.497 e. The molecule has 0 saturated heterocycles. The van der Waals surface area contributed by atoms with Crippen molar-refractivity contribution in [3.63, 3.8) is 0 Å². The third kappa shape index (κ3) is 5.46. The highest BCUT2D eigenvalue weighted by Crippen LogP contribution is 2.41. The number of hydrogen-bond acceptors (Lipinski definition) is 9. The molecule has 0 bridgehead atoms. The fourth-order valence-electron chi connectivity index (χ4n) is 4.35. The summed E-state index contributed by atoms with van der Waals surface area (Å²) in [4.78, 5) is 32.3. The van der Waals surface area contributed by atoms with E-state index in [1.54, 1.807) is 58.4 Å². The summed E-state index contributed by atoms with van der Waals surface area (Å²) in [7, 11) is 4.67. The van der Waals surface area contributed by atoms with E-state index in [1.165, 1.54) is 23.0 Å². The second kappa shape index (κ2) is 12.1. The maximum absolute atomic E-state index is 14.0. The molecule has 0 spiro atoms. The van der Waals surface area contributed by atoms with Gasteiger partial charge in [0.1, 0.15) is 11.5 Å². The van der Waals surface area contributed by atoms with Crippen LogP contribution < -0.4 is 33.8 Å². The fraction of sp³-hybridized carbons (Fsp3) is 0.321. The molecular formula is C28H29BrN2O7S. The van der Waals surface area contributed by atoms with E-state index in [9.17, 15) is 9.59 Å². The van der Waals surface area contributed by atoms with Crippen molar-refractivity contribution in [2.24, 2.45) is 4.99 Å². The molecule has 4 rings (SSSR count). The zero-order chi connectivity index (χ0) is 28.3. The molecule has 1 atom stereocenters. The molecule has 0 fully saturated rings. The normalized spacial score (nSPS) is 14.9. The van der Waals surface area contributed by atoms with E-state index < -0.39 is 12.0 Å². The summed E-state index contributed by atoms with van der Waals surface area (Å²) >= 11 is 4.86. The van der Waals surface area contributed by atoms with Crippen LogP contribution in [0.3, 0.4) is 0 Å². The standard InChI is InChI=1S/C28H29BrN2O7S/c1-7-37-22-14-19(29)18(13-21(22)36-6)25-24(27(33)38-8-2)15(3)30-28-31(25)26(32)23(39-28)11-16-9-10-17(34-4)12-20(16)35-5/h9-14,25H,7-8H2,1-6H3/b23-11+/t25-/m0/s1. The van der Waals surface area contributed by atoms with Crippen LogP contribution in [0.2, 0.25) is 0 Å². The number of hydrogen-bond donors (Lipinski definition) is 0. The Morgan fingerprint density at radius 2 is 1.79 bits per heavy atom. The quantitative estimate of drug-likeness (QED) is 0.335. The highest BCUT2D eigenvalue weighted by Gasteiger charge is 2.35. The molecule has 0 aliphatic carbocycles. The lowest BCUT2D eigenvalue weighted by Crippen LogP contribution is -2.40. The molecule has 11 heteroatoms. The number of ether oxygens (including phenoxy) is 5. The minimum absolute atomic E-state index is 0.178. The average Bonchev–Trinajstić information content (AvgIpc) is 3.22. The van der Waals surface area contributed by atoms with E-state index in [1.807, 2.05) is 13.0 Å². The van der Waals surface area contributed by atoms with Crippen LogP contribution in [-0.4, -0.2) is 45.1 Å². The van der Waals surface area contributed by atoms with E-state index in [2.05, 4.69) is 20.9 Å². The molecule has 206 valence electrons. The molecule has 0 N–H and O–H groups in total. The monoisotopic (exact) mass is 616 g/mol. The Hall–Kier alpha value is -3.57. The molecule has 0 unspecified atom stereocenters. The summed E-state index contributed by atoms with van der Waals surface area (Å²) in [5, 5.41) is 0. The van der Waals surface area contributed by atoms with Gasteiger partial charge in [0.15, 0.2) is 16.3 Å². The highest BCUT2D eigenvalue weighted by molar-refractivity contribution is 9.10. The summed E-state index contributed by atoms with van der Waals surface area (Å²) in [5.74, 6) is 1.65. The van der Waals surface area contributed by atoms with Crippen molar-refractivity contribution in [2.75, 3.05) is 34.5 Å². The van der Waals surface area contributed by atoms with Gasteiger partial charge in [0.2, 0.25) is 0 Å². The van der Waals surface area contributed by atoms with E-state index in [0.717, 1.165) is 0 Å². The topological polar surface area (TPSA) is 97.6 Å². The summed E-state index contributed by atoms with van der Waals surface area (Å²) in [6.07, 6.45) is 1.75. The van der Waals surface area contributed by atoms with Crippen LogP contribution in [0.4, 0.5) is 0 Å². The van der Waals surface area contributed by atoms with Gasteiger partial charge in [0.05, 0.1) is 56.4 Å². The van der Waals surface area contributed by atoms with Crippen molar-refractivity contribution < 1.29 is 28.5 Å². The number of methoxy groups -OCH3 is 3. The smallest absolute Gasteiger partial charge is 0.338 e. The van der Waals surface area contributed by atoms with Crippen LogP contribution in [0.15, 0.2) is 55.9 Å². The Morgan fingerprint density at radius 3 is 2.44 bits per heavy atom. The first-order valence-electron chi connectivity index (χ1n) is 12.2. The van der Waals surface area contributed by atoms with Gasteiger partial charge in [0, 0.05) is 16.1 Å². The van der Waals surface area contributed by atoms with Gasteiger partial charge in [-0.05, 0) is 56.7 Å². The molecule has 3 aromatic rings. The van der Waals surface area contributed by atoms with E-state index in [0.29, 0.717) is 60.2 Å². The molecule has 1 aliphatic heterocycles. The minimum atomic E-state index is -0.820. The van der Waals surface area contributed by atoms with Crippen LogP contribution in [0, 0.1) is 0 Å². The number of thiazole rings is 1. The second-order valence-corrected chi connectivity index (χ2v) is 10.2. The number of benzene rings is 2. The molecule has 39 heavy (non-hydrogen) atoms. The van der Waals surface area contributed by atoms with Crippen molar-refractivity contribution in [3.8, 4) is 23.0 Å². The maximum atomic E-state index is 14.0. The number of halogens is 1. The van der Waals surface area contributed by atoms with Crippen molar-refractivity contribution in [2.45, 2.75) is 26.8 Å². The van der Waals surface area contributed by atoms with Gasteiger partial charge in [-0.25, -0.2) is 9.79 Å². The molecule has 0 radical (unpaired) electrons. The number of fused-ring (bicyclic) bond motifs is 1. The van der Waals surface area contributed by atoms with Crippen molar-refractivity contribution in [3.05, 3.63) is 76.9 Å². The molecule has 9 nitrogen and oxygen atoms in total. The van der Waals surface area contributed by atoms with E-state index in [-0.39, 0.29) is 17.7 Å².